The molecule has 1 aromatic heterocycles. The summed E-state index contributed by atoms with van der Waals surface area (Å²) in [4.78, 5) is 7.21. The molecule has 0 bridgehead atoms. The summed E-state index contributed by atoms with van der Waals surface area (Å²) in [7, 11) is 0. The van der Waals surface area contributed by atoms with E-state index in [9.17, 15) is 0 Å². The summed E-state index contributed by atoms with van der Waals surface area (Å²) in [5.41, 5.74) is 6.32. The molecule has 0 spiro atoms. The normalized spacial score (nSPS) is 24.7. The maximum absolute atomic E-state index is 5.61. The van der Waals surface area contributed by atoms with Gasteiger partial charge in [0.2, 0.25) is 0 Å². The number of piperidine rings is 1. The van der Waals surface area contributed by atoms with E-state index in [4.69, 9.17) is 18.0 Å². The number of nitrogens with zero attached hydrogens (tertiary/aromatic N) is 2. The van der Waals surface area contributed by atoms with Gasteiger partial charge in [0, 0.05) is 13.1 Å². The molecule has 2 heterocycles. The lowest BCUT2D eigenvalue weighted by atomic mass is 9.89. The van der Waals surface area contributed by atoms with Crippen LogP contribution in [0.2, 0.25) is 0 Å². The first kappa shape index (κ1) is 12.3. The number of hydrogen-bond donors (Lipinski definition) is 1. The largest absolute Gasteiger partial charge is 0.388 e. The van der Waals surface area contributed by atoms with Crippen molar-refractivity contribution in [2.75, 3.05) is 18.0 Å². The molecular weight excluding hydrogens is 230 g/mol. The number of pyridine rings is 1. The van der Waals surface area contributed by atoms with Gasteiger partial charge in [0.15, 0.2) is 0 Å². The second kappa shape index (κ2) is 5.00. The molecule has 1 aromatic rings. The maximum Gasteiger partial charge on any atom is 0.129 e. The van der Waals surface area contributed by atoms with Gasteiger partial charge in [0.05, 0.1) is 5.69 Å². The summed E-state index contributed by atoms with van der Waals surface area (Å²) >= 11 is 4.96. The quantitative estimate of drug-likeness (QED) is 0.816. The zero-order chi connectivity index (χ0) is 12.4. The third-order valence-electron chi connectivity index (χ3n) is 3.64. The summed E-state index contributed by atoms with van der Waals surface area (Å²) < 4.78 is 0. The van der Waals surface area contributed by atoms with Crippen LogP contribution >= 0.6 is 12.2 Å². The summed E-state index contributed by atoms with van der Waals surface area (Å²) in [6, 6.07) is 5.87. The van der Waals surface area contributed by atoms with Crippen LogP contribution in [-0.2, 0) is 0 Å². The van der Waals surface area contributed by atoms with Gasteiger partial charge < -0.3 is 10.6 Å². The molecule has 3 nitrogen and oxygen atoms in total. The van der Waals surface area contributed by atoms with E-state index in [0.29, 0.717) is 16.6 Å². The highest BCUT2D eigenvalue weighted by Gasteiger charge is 2.23. The topological polar surface area (TPSA) is 42.1 Å². The van der Waals surface area contributed by atoms with Gasteiger partial charge in [0.1, 0.15) is 10.8 Å². The van der Waals surface area contributed by atoms with Crippen molar-refractivity contribution in [3.8, 4) is 0 Å². The molecule has 2 unspecified atom stereocenters. The Morgan fingerprint density at radius 3 is 2.82 bits per heavy atom. The minimum Gasteiger partial charge on any atom is -0.388 e. The van der Waals surface area contributed by atoms with E-state index in [1.165, 1.54) is 6.42 Å². The minimum absolute atomic E-state index is 0.366. The summed E-state index contributed by atoms with van der Waals surface area (Å²) in [5, 5.41) is 0. The second-order valence-electron chi connectivity index (χ2n) is 4.93. The highest BCUT2D eigenvalue weighted by molar-refractivity contribution is 7.80. The average molecular weight is 249 g/mol. The number of thiocarbonyl (C=S) groups is 1. The first-order valence-corrected chi connectivity index (χ1v) is 6.50. The molecule has 0 amide bonds. The van der Waals surface area contributed by atoms with E-state index >= 15 is 0 Å². The second-order valence-corrected chi connectivity index (χ2v) is 5.37. The summed E-state index contributed by atoms with van der Waals surface area (Å²) in [6.45, 7) is 6.75. The fraction of sp³-hybridized carbons (Fsp3) is 0.538. The average Bonchev–Trinajstić information content (AvgIpc) is 2.33. The van der Waals surface area contributed by atoms with Crippen molar-refractivity contribution in [2.24, 2.45) is 17.6 Å². The summed E-state index contributed by atoms with van der Waals surface area (Å²) in [6.07, 6.45) is 1.22. The zero-order valence-corrected chi connectivity index (χ0v) is 11.2. The zero-order valence-electron chi connectivity index (χ0n) is 10.4. The van der Waals surface area contributed by atoms with Crippen LogP contribution in [0.25, 0.3) is 0 Å². The SMILES string of the molecule is CC1CCN(c2cccc(C(N)=S)n2)CC1C. The van der Waals surface area contributed by atoms with E-state index < -0.39 is 0 Å². The maximum atomic E-state index is 5.61. The molecule has 1 aliphatic heterocycles. The molecule has 1 aliphatic rings. The van der Waals surface area contributed by atoms with E-state index in [1.807, 2.05) is 18.2 Å². The number of nitrogens with two attached hydrogens (primary N) is 1. The molecule has 0 radical (unpaired) electrons. The fourth-order valence-electron chi connectivity index (χ4n) is 2.21. The monoisotopic (exact) mass is 249 g/mol. The van der Waals surface area contributed by atoms with Crippen LogP contribution in [0.5, 0.6) is 0 Å². The van der Waals surface area contributed by atoms with Gasteiger partial charge in [-0.1, -0.05) is 32.1 Å². The lowest BCUT2D eigenvalue weighted by Gasteiger charge is -2.36. The van der Waals surface area contributed by atoms with Crippen molar-refractivity contribution < 1.29 is 0 Å². The van der Waals surface area contributed by atoms with E-state index in [2.05, 4.69) is 23.7 Å². The Morgan fingerprint density at radius 2 is 2.18 bits per heavy atom. The number of rotatable bonds is 2. The highest BCUT2D eigenvalue weighted by Crippen LogP contribution is 2.25. The minimum atomic E-state index is 0.366. The number of hydrogen-bond acceptors (Lipinski definition) is 3. The van der Waals surface area contributed by atoms with Crippen LogP contribution in [0.1, 0.15) is 26.0 Å². The molecule has 0 saturated carbocycles. The van der Waals surface area contributed by atoms with Gasteiger partial charge in [-0.3, -0.25) is 0 Å². The van der Waals surface area contributed by atoms with Crippen molar-refractivity contribution >= 4 is 23.0 Å². The number of anilines is 1. The first-order chi connectivity index (χ1) is 8.08. The van der Waals surface area contributed by atoms with Gasteiger partial charge >= 0.3 is 0 Å². The Bertz CT molecular complexity index is 419. The van der Waals surface area contributed by atoms with Crippen molar-refractivity contribution in [3.63, 3.8) is 0 Å². The van der Waals surface area contributed by atoms with Crippen molar-refractivity contribution in [1.29, 1.82) is 0 Å². The van der Waals surface area contributed by atoms with Gasteiger partial charge in [0.25, 0.3) is 0 Å². The van der Waals surface area contributed by atoms with Crippen molar-refractivity contribution in [3.05, 3.63) is 23.9 Å². The van der Waals surface area contributed by atoms with Gasteiger partial charge in [-0.25, -0.2) is 4.98 Å². The molecule has 92 valence electrons. The Labute approximate surface area is 108 Å². The van der Waals surface area contributed by atoms with Crippen LogP contribution in [0.15, 0.2) is 18.2 Å². The molecule has 2 atom stereocenters. The van der Waals surface area contributed by atoms with Crippen LogP contribution in [0, 0.1) is 11.8 Å². The third kappa shape index (κ3) is 2.75. The summed E-state index contributed by atoms with van der Waals surface area (Å²) in [5.74, 6) is 2.50. The molecular formula is C13H19N3S. The highest BCUT2D eigenvalue weighted by atomic mass is 32.1. The molecule has 4 heteroatoms. The Morgan fingerprint density at radius 1 is 1.41 bits per heavy atom. The molecule has 1 saturated heterocycles. The Kier molecular flexibility index (Phi) is 3.62. The lowest BCUT2D eigenvalue weighted by Crippen LogP contribution is -2.39. The van der Waals surface area contributed by atoms with Crippen LogP contribution in [0.4, 0.5) is 5.82 Å². The van der Waals surface area contributed by atoms with Gasteiger partial charge in [-0.2, -0.15) is 0 Å². The predicted molar refractivity (Wildman–Crippen MR) is 75.3 cm³/mol. The Balaban J connectivity index is 2.17. The smallest absolute Gasteiger partial charge is 0.129 e. The van der Waals surface area contributed by atoms with E-state index in [0.717, 1.165) is 24.8 Å². The molecule has 2 rings (SSSR count). The lowest BCUT2D eigenvalue weighted by molar-refractivity contribution is 0.323. The third-order valence-corrected chi connectivity index (χ3v) is 3.85. The van der Waals surface area contributed by atoms with Crippen LogP contribution in [-0.4, -0.2) is 23.1 Å². The molecule has 0 aliphatic carbocycles. The van der Waals surface area contributed by atoms with Gasteiger partial charge in [-0.05, 0) is 30.4 Å². The standard InChI is InChI=1S/C13H19N3S/c1-9-6-7-16(8-10(9)2)12-5-3-4-11(15-12)13(14)17/h3-5,9-10H,6-8H2,1-2H3,(H2,14,17). The van der Waals surface area contributed by atoms with E-state index in [-0.39, 0.29) is 0 Å². The first-order valence-electron chi connectivity index (χ1n) is 6.09. The molecule has 0 aromatic carbocycles. The molecule has 17 heavy (non-hydrogen) atoms. The Hall–Kier alpha value is -1.16. The van der Waals surface area contributed by atoms with Crippen LogP contribution < -0.4 is 10.6 Å². The fourth-order valence-corrected chi connectivity index (χ4v) is 2.32. The van der Waals surface area contributed by atoms with Crippen LogP contribution in [0.3, 0.4) is 0 Å². The van der Waals surface area contributed by atoms with E-state index in [1.54, 1.807) is 0 Å². The van der Waals surface area contributed by atoms with Gasteiger partial charge in [-0.15, -0.1) is 0 Å². The number of aromatic nitrogens is 1. The molecule has 2 N–H and O–H groups in total. The van der Waals surface area contributed by atoms with Crippen molar-refractivity contribution in [1.82, 2.24) is 4.98 Å². The predicted octanol–water partition coefficient (Wildman–Crippen LogP) is 2.20. The van der Waals surface area contributed by atoms with Crippen molar-refractivity contribution in [2.45, 2.75) is 20.3 Å². The molecule has 1 fully saturated rings.